The highest BCUT2D eigenvalue weighted by Crippen LogP contribution is 2.27. The average Bonchev–Trinajstić information content (AvgIpc) is 2.71. The average molecular weight is 380 g/mol. The zero-order valence-electron chi connectivity index (χ0n) is 15.8. The summed E-state index contributed by atoms with van der Waals surface area (Å²) in [6.07, 6.45) is 0. The number of aryl methyl sites for hydroxylation is 1. The molecule has 2 amide bonds. The van der Waals surface area contributed by atoms with Gasteiger partial charge in [0, 0.05) is 13.6 Å². The summed E-state index contributed by atoms with van der Waals surface area (Å²) in [6, 6.07) is 19.9. The lowest BCUT2D eigenvalue weighted by Gasteiger charge is -2.29. The van der Waals surface area contributed by atoms with E-state index in [2.05, 4.69) is 5.32 Å². The molecule has 0 radical (unpaired) electrons. The van der Waals surface area contributed by atoms with E-state index in [-0.39, 0.29) is 30.3 Å². The molecule has 0 aliphatic heterocycles. The quantitative estimate of drug-likeness (QED) is 0.648. The number of halogens is 2. The Kier molecular flexibility index (Phi) is 6.04. The van der Waals surface area contributed by atoms with Gasteiger partial charge in [0.25, 0.3) is 0 Å². The lowest BCUT2D eigenvalue weighted by Crippen LogP contribution is -2.39. The Morgan fingerprint density at radius 1 is 0.964 bits per heavy atom. The van der Waals surface area contributed by atoms with E-state index in [0.717, 1.165) is 11.1 Å². The maximum absolute atomic E-state index is 13.7. The minimum absolute atomic E-state index is 0.214. The van der Waals surface area contributed by atoms with Crippen LogP contribution in [0.1, 0.15) is 28.3 Å². The molecule has 0 fully saturated rings. The number of nitrogens with zero attached hydrogens (tertiary/aromatic N) is 1. The molecular weight excluding hydrogens is 358 g/mol. The van der Waals surface area contributed by atoms with Crippen LogP contribution >= 0.6 is 0 Å². The fourth-order valence-corrected chi connectivity index (χ4v) is 3.09. The van der Waals surface area contributed by atoms with Crippen molar-refractivity contribution in [1.29, 1.82) is 0 Å². The second-order valence-corrected chi connectivity index (χ2v) is 6.72. The van der Waals surface area contributed by atoms with Crippen LogP contribution < -0.4 is 5.32 Å². The predicted molar refractivity (Wildman–Crippen MR) is 106 cm³/mol. The van der Waals surface area contributed by atoms with Gasteiger partial charge < -0.3 is 10.2 Å². The fraction of sp³-hybridized carbons (Fsp3) is 0.174. The number of amides is 2. The van der Waals surface area contributed by atoms with Crippen LogP contribution in [0.5, 0.6) is 0 Å². The van der Waals surface area contributed by atoms with Gasteiger partial charge in [0.1, 0.15) is 11.6 Å². The van der Waals surface area contributed by atoms with Crippen LogP contribution in [0.3, 0.4) is 0 Å². The molecule has 0 aromatic heterocycles. The summed E-state index contributed by atoms with van der Waals surface area (Å²) in [4.78, 5) is 14.3. The van der Waals surface area contributed by atoms with Crippen LogP contribution in [0, 0.1) is 18.6 Å². The molecule has 1 N–H and O–H groups in total. The fourth-order valence-electron chi connectivity index (χ4n) is 3.09. The molecule has 28 heavy (non-hydrogen) atoms. The highest BCUT2D eigenvalue weighted by molar-refractivity contribution is 5.75. The molecule has 0 aliphatic rings. The first-order valence-electron chi connectivity index (χ1n) is 9.02. The Morgan fingerprint density at radius 3 is 2.25 bits per heavy atom. The molecule has 0 saturated heterocycles. The number of carbonyl (C=O) groups is 1. The summed E-state index contributed by atoms with van der Waals surface area (Å²) in [6.45, 7) is 1.91. The maximum atomic E-state index is 13.7. The van der Waals surface area contributed by atoms with Crippen molar-refractivity contribution in [3.8, 4) is 0 Å². The number of rotatable bonds is 5. The first kappa shape index (κ1) is 19.5. The Labute approximate surface area is 163 Å². The summed E-state index contributed by atoms with van der Waals surface area (Å²) in [5.74, 6) is -0.627. The van der Waals surface area contributed by atoms with Crippen molar-refractivity contribution < 1.29 is 13.6 Å². The Hall–Kier alpha value is -3.21. The van der Waals surface area contributed by atoms with Gasteiger partial charge in [-0.15, -0.1) is 0 Å². The first-order valence-corrected chi connectivity index (χ1v) is 9.02. The normalized spacial score (nSPS) is 11.7. The van der Waals surface area contributed by atoms with Gasteiger partial charge in [-0.2, -0.15) is 0 Å². The predicted octanol–water partition coefficient (Wildman–Crippen LogP) is 5.20. The van der Waals surface area contributed by atoms with E-state index >= 15 is 0 Å². The second kappa shape index (κ2) is 8.65. The van der Waals surface area contributed by atoms with Gasteiger partial charge in [-0.05, 0) is 47.4 Å². The minimum atomic E-state index is -0.378. The molecule has 144 valence electrons. The van der Waals surface area contributed by atoms with Gasteiger partial charge in [-0.25, -0.2) is 13.6 Å². The maximum Gasteiger partial charge on any atom is 0.318 e. The number of benzene rings is 3. The SMILES string of the molecule is Cc1ccc(CNC(=O)N(C)C(c2ccccc2)c2ccc(F)cc2)cc1F. The molecule has 3 rings (SSSR count). The standard InChI is InChI=1S/C23H22F2N2O/c1-16-8-9-17(14-21(16)25)15-26-23(28)27(2)22(18-6-4-3-5-7-18)19-10-12-20(24)13-11-19/h3-14,22H,15H2,1-2H3,(H,26,28). The van der Waals surface area contributed by atoms with Crippen molar-refractivity contribution >= 4 is 6.03 Å². The summed E-state index contributed by atoms with van der Waals surface area (Å²) in [7, 11) is 1.69. The molecule has 1 atom stereocenters. The first-order chi connectivity index (χ1) is 13.5. The highest BCUT2D eigenvalue weighted by atomic mass is 19.1. The topological polar surface area (TPSA) is 32.3 Å². The van der Waals surface area contributed by atoms with E-state index in [9.17, 15) is 13.6 Å². The van der Waals surface area contributed by atoms with Crippen LogP contribution in [-0.2, 0) is 6.54 Å². The molecule has 0 saturated carbocycles. The van der Waals surface area contributed by atoms with E-state index in [1.54, 1.807) is 43.1 Å². The largest absolute Gasteiger partial charge is 0.334 e. The van der Waals surface area contributed by atoms with Crippen molar-refractivity contribution in [1.82, 2.24) is 10.2 Å². The highest BCUT2D eigenvalue weighted by Gasteiger charge is 2.23. The van der Waals surface area contributed by atoms with Crippen LogP contribution in [0.25, 0.3) is 0 Å². The van der Waals surface area contributed by atoms with Crippen LogP contribution in [-0.4, -0.2) is 18.0 Å². The van der Waals surface area contributed by atoms with Crippen LogP contribution in [0.4, 0.5) is 13.6 Å². The van der Waals surface area contributed by atoms with Crippen LogP contribution in [0.2, 0.25) is 0 Å². The van der Waals surface area contributed by atoms with E-state index in [0.29, 0.717) is 11.1 Å². The van der Waals surface area contributed by atoms with Crippen molar-refractivity contribution in [2.24, 2.45) is 0 Å². The summed E-state index contributed by atoms with van der Waals surface area (Å²) < 4.78 is 27.1. The molecule has 0 heterocycles. The molecular formula is C23H22F2N2O. The van der Waals surface area contributed by atoms with E-state index < -0.39 is 0 Å². The third-order valence-corrected chi connectivity index (χ3v) is 4.69. The molecule has 3 aromatic carbocycles. The Bertz CT molecular complexity index is 943. The van der Waals surface area contributed by atoms with E-state index in [1.807, 2.05) is 30.3 Å². The summed E-state index contributed by atoms with van der Waals surface area (Å²) in [5, 5.41) is 2.82. The zero-order chi connectivity index (χ0) is 20.1. The molecule has 0 bridgehead atoms. The molecule has 1 unspecified atom stereocenters. The number of hydrogen-bond donors (Lipinski definition) is 1. The van der Waals surface area contributed by atoms with Gasteiger partial charge >= 0.3 is 6.03 Å². The van der Waals surface area contributed by atoms with Crippen LogP contribution in [0.15, 0.2) is 72.8 Å². The summed E-state index contributed by atoms with van der Waals surface area (Å²) in [5.41, 5.74) is 2.95. The third-order valence-electron chi connectivity index (χ3n) is 4.69. The van der Waals surface area contributed by atoms with Gasteiger partial charge in [-0.1, -0.05) is 54.6 Å². The van der Waals surface area contributed by atoms with Crippen molar-refractivity contribution in [3.63, 3.8) is 0 Å². The molecule has 3 nitrogen and oxygen atoms in total. The number of nitrogens with one attached hydrogen (secondary N) is 1. The number of urea groups is 1. The number of hydrogen-bond acceptors (Lipinski definition) is 1. The Morgan fingerprint density at radius 2 is 1.61 bits per heavy atom. The smallest absolute Gasteiger partial charge is 0.318 e. The summed E-state index contributed by atoms with van der Waals surface area (Å²) >= 11 is 0. The second-order valence-electron chi connectivity index (χ2n) is 6.72. The lowest BCUT2D eigenvalue weighted by molar-refractivity contribution is 0.198. The third kappa shape index (κ3) is 4.55. The van der Waals surface area contributed by atoms with Crippen molar-refractivity contribution in [2.45, 2.75) is 19.5 Å². The van der Waals surface area contributed by atoms with Crippen molar-refractivity contribution in [3.05, 3.63) is 107 Å². The van der Waals surface area contributed by atoms with Crippen molar-refractivity contribution in [2.75, 3.05) is 7.05 Å². The van der Waals surface area contributed by atoms with E-state index in [1.165, 1.54) is 18.2 Å². The number of carbonyl (C=O) groups excluding carboxylic acids is 1. The molecule has 0 spiro atoms. The van der Waals surface area contributed by atoms with Gasteiger partial charge in [0.2, 0.25) is 0 Å². The monoisotopic (exact) mass is 380 g/mol. The molecule has 0 aliphatic carbocycles. The minimum Gasteiger partial charge on any atom is -0.334 e. The van der Waals surface area contributed by atoms with Gasteiger partial charge in [-0.3, -0.25) is 0 Å². The lowest BCUT2D eigenvalue weighted by atomic mass is 9.97. The molecule has 3 aromatic rings. The molecule has 5 heteroatoms. The van der Waals surface area contributed by atoms with Gasteiger partial charge in [0.15, 0.2) is 0 Å². The van der Waals surface area contributed by atoms with Gasteiger partial charge in [0.05, 0.1) is 6.04 Å². The Balaban J connectivity index is 1.80. The van der Waals surface area contributed by atoms with E-state index in [4.69, 9.17) is 0 Å². The zero-order valence-corrected chi connectivity index (χ0v) is 15.8.